The van der Waals surface area contributed by atoms with Crippen LogP contribution < -0.4 is 26.6 Å². The first kappa shape index (κ1) is 34.9. The summed E-state index contributed by atoms with van der Waals surface area (Å²) in [7, 11) is 0. The molecular weight excluding hydrogens is 514 g/mol. The van der Waals surface area contributed by atoms with Crippen LogP contribution in [0.15, 0.2) is 12.7 Å². The third-order valence-corrected chi connectivity index (χ3v) is 5.49. The summed E-state index contributed by atoms with van der Waals surface area (Å²) in [6, 6.07) is -6.13. The molecule has 0 aliphatic heterocycles. The maximum Gasteiger partial charge on any atom is 0.325 e. The zero-order valence-corrected chi connectivity index (χ0v) is 23.2. The Morgan fingerprint density at radius 3 is 1.62 bits per heavy atom. The van der Waals surface area contributed by atoms with Crippen LogP contribution in [0, 0.1) is 11.8 Å². The highest BCUT2D eigenvalue weighted by atomic mass is 16.4. The molecule has 0 saturated carbocycles. The molecule has 0 aliphatic rings. The Balaban J connectivity index is 5.45. The molecule has 39 heavy (non-hydrogen) atoms. The number of carbonyl (C=O) groups excluding carboxylic acids is 7. The van der Waals surface area contributed by atoms with Crippen LogP contribution in [0.3, 0.4) is 0 Å². The number of carbonyl (C=O) groups is 8. The number of Topliss-reactive ketones (excluding diaryl/α,β-unsaturated/α-hetero) is 2. The number of aliphatic carboxylic acids is 1. The van der Waals surface area contributed by atoms with Crippen LogP contribution in [0.1, 0.15) is 54.9 Å². The lowest BCUT2D eigenvalue weighted by Gasteiger charge is -2.28. The van der Waals surface area contributed by atoms with E-state index in [0.29, 0.717) is 0 Å². The molecular formula is C25H39N5O9. The Morgan fingerprint density at radius 1 is 0.692 bits per heavy atom. The summed E-state index contributed by atoms with van der Waals surface area (Å²) in [6.07, 6.45) is 0.991. The minimum absolute atomic E-state index is 0.233. The molecule has 218 valence electrons. The lowest BCUT2D eigenvalue weighted by Crippen LogP contribution is -2.59. The lowest BCUT2D eigenvalue weighted by atomic mass is 9.99. The fourth-order valence-corrected chi connectivity index (χ4v) is 3.19. The van der Waals surface area contributed by atoms with Crippen molar-refractivity contribution in [3.8, 4) is 0 Å². The van der Waals surface area contributed by atoms with E-state index in [1.165, 1.54) is 19.9 Å². The average Bonchev–Trinajstić information content (AvgIpc) is 2.83. The number of ketones is 2. The van der Waals surface area contributed by atoms with Gasteiger partial charge in [-0.25, -0.2) is 0 Å². The first-order valence-corrected chi connectivity index (χ1v) is 12.3. The smallest absolute Gasteiger partial charge is 0.325 e. The van der Waals surface area contributed by atoms with Crippen LogP contribution in [0.25, 0.3) is 0 Å². The summed E-state index contributed by atoms with van der Waals surface area (Å²) in [6.45, 7) is 13.9. The second kappa shape index (κ2) is 16.0. The highest BCUT2D eigenvalue weighted by Gasteiger charge is 2.34. The van der Waals surface area contributed by atoms with Gasteiger partial charge in [0.05, 0.1) is 6.04 Å². The molecule has 0 heterocycles. The topological polar surface area (TPSA) is 217 Å². The monoisotopic (exact) mass is 553 g/mol. The first-order valence-electron chi connectivity index (χ1n) is 12.3. The second-order valence-electron chi connectivity index (χ2n) is 9.70. The van der Waals surface area contributed by atoms with Gasteiger partial charge in [0, 0.05) is 6.92 Å². The largest absolute Gasteiger partial charge is 0.480 e. The summed E-state index contributed by atoms with van der Waals surface area (Å²) in [5, 5.41) is 20.5. The van der Waals surface area contributed by atoms with E-state index in [1.54, 1.807) is 27.7 Å². The van der Waals surface area contributed by atoms with Crippen LogP contribution in [0.4, 0.5) is 0 Å². The Labute approximate surface area is 227 Å². The molecule has 14 nitrogen and oxygen atoms in total. The molecule has 0 aromatic carbocycles. The van der Waals surface area contributed by atoms with Crippen molar-refractivity contribution in [3.05, 3.63) is 12.7 Å². The molecule has 5 amide bonds. The lowest BCUT2D eigenvalue weighted by molar-refractivity contribution is -0.148. The summed E-state index contributed by atoms with van der Waals surface area (Å²) in [5.41, 5.74) is 0. The molecule has 0 aliphatic carbocycles. The molecule has 0 fully saturated rings. The Hall–Kier alpha value is -4.10. The molecule has 0 spiro atoms. The number of nitrogens with one attached hydrogen (secondary N) is 5. The Bertz CT molecular complexity index is 992. The molecule has 14 heteroatoms. The average molecular weight is 554 g/mol. The van der Waals surface area contributed by atoms with E-state index in [2.05, 4.69) is 27.8 Å². The number of rotatable bonds is 16. The SMILES string of the molecule is C=CCC(NC(=O)[C@H](C)NC(=O)[C@@H](NC(=O)[C@@H](NC(C)=O)C(C)C)C(C)C)C(=O)C(=O)C(=O)N[C@@H](C)C(=O)O. The zero-order chi connectivity index (χ0) is 30.6. The normalized spacial score (nSPS) is 14.6. The van der Waals surface area contributed by atoms with Gasteiger partial charge in [-0.05, 0) is 32.1 Å². The zero-order valence-electron chi connectivity index (χ0n) is 23.2. The summed E-state index contributed by atoms with van der Waals surface area (Å²) in [4.78, 5) is 97.4. The van der Waals surface area contributed by atoms with E-state index in [1.807, 2.05) is 5.32 Å². The number of hydrogen-bond acceptors (Lipinski definition) is 8. The van der Waals surface area contributed by atoms with Crippen LogP contribution >= 0.6 is 0 Å². The second-order valence-corrected chi connectivity index (χ2v) is 9.70. The van der Waals surface area contributed by atoms with E-state index < -0.39 is 83.2 Å². The van der Waals surface area contributed by atoms with Gasteiger partial charge in [0.25, 0.3) is 11.7 Å². The number of amides is 5. The summed E-state index contributed by atoms with van der Waals surface area (Å²) < 4.78 is 0. The molecule has 6 N–H and O–H groups in total. The van der Waals surface area contributed by atoms with Crippen molar-refractivity contribution in [1.29, 1.82) is 0 Å². The van der Waals surface area contributed by atoms with Gasteiger partial charge in [-0.2, -0.15) is 0 Å². The van der Waals surface area contributed by atoms with Crippen molar-refractivity contribution in [2.45, 2.75) is 85.1 Å². The summed E-state index contributed by atoms with van der Waals surface area (Å²) >= 11 is 0. The van der Waals surface area contributed by atoms with Gasteiger partial charge in [0.15, 0.2) is 0 Å². The highest BCUT2D eigenvalue weighted by molar-refractivity contribution is 6.64. The van der Waals surface area contributed by atoms with Gasteiger partial charge in [-0.3, -0.25) is 38.4 Å². The van der Waals surface area contributed by atoms with Gasteiger partial charge in [0.2, 0.25) is 29.4 Å². The third-order valence-electron chi connectivity index (χ3n) is 5.49. The predicted molar refractivity (Wildman–Crippen MR) is 139 cm³/mol. The van der Waals surface area contributed by atoms with Crippen LogP contribution in [0.5, 0.6) is 0 Å². The molecule has 0 radical (unpaired) electrons. The fourth-order valence-electron chi connectivity index (χ4n) is 3.19. The number of hydrogen-bond donors (Lipinski definition) is 6. The molecule has 0 bridgehead atoms. The van der Waals surface area contributed by atoms with Crippen molar-refractivity contribution in [1.82, 2.24) is 26.6 Å². The van der Waals surface area contributed by atoms with E-state index in [-0.39, 0.29) is 12.3 Å². The minimum atomic E-state index is -1.56. The van der Waals surface area contributed by atoms with E-state index >= 15 is 0 Å². The fraction of sp³-hybridized carbons (Fsp3) is 0.600. The number of carboxylic acids is 1. The molecule has 5 atom stereocenters. The standard InChI is InChI=1S/C25H39N5O9/c1-9-10-16(19(32)20(33)24(37)27-14(7)25(38)39)29-21(34)13(6)26-22(35)18(12(4)5)30-23(36)17(11(2)3)28-15(8)31/h9,11-14,16-18H,1,10H2,2-8H3,(H,26,35)(H,27,37)(H,28,31)(H,29,34)(H,30,36)(H,38,39)/t13-,14-,16?,17-,18-/m0/s1. The van der Waals surface area contributed by atoms with Gasteiger partial charge >= 0.3 is 5.97 Å². The molecule has 0 rings (SSSR count). The predicted octanol–water partition coefficient (Wildman–Crippen LogP) is -1.42. The van der Waals surface area contributed by atoms with Crippen molar-refractivity contribution in [2.24, 2.45) is 11.8 Å². The Morgan fingerprint density at radius 2 is 1.18 bits per heavy atom. The molecule has 0 aromatic heterocycles. The van der Waals surface area contributed by atoms with E-state index in [0.717, 1.165) is 6.92 Å². The van der Waals surface area contributed by atoms with E-state index in [9.17, 15) is 38.4 Å². The minimum Gasteiger partial charge on any atom is -0.480 e. The van der Waals surface area contributed by atoms with Gasteiger partial charge in [-0.1, -0.05) is 33.8 Å². The van der Waals surface area contributed by atoms with Gasteiger partial charge < -0.3 is 31.7 Å². The van der Waals surface area contributed by atoms with Crippen molar-refractivity contribution >= 4 is 47.1 Å². The summed E-state index contributed by atoms with van der Waals surface area (Å²) in [5.74, 6) is -9.01. The molecule has 1 unspecified atom stereocenters. The van der Waals surface area contributed by atoms with Crippen LogP contribution in [-0.2, 0) is 38.4 Å². The molecule has 0 saturated heterocycles. The van der Waals surface area contributed by atoms with Crippen LogP contribution in [0.2, 0.25) is 0 Å². The quantitative estimate of drug-likeness (QED) is 0.0750. The van der Waals surface area contributed by atoms with Crippen molar-refractivity contribution in [3.63, 3.8) is 0 Å². The van der Waals surface area contributed by atoms with Gasteiger partial charge in [-0.15, -0.1) is 6.58 Å². The van der Waals surface area contributed by atoms with Crippen LogP contribution in [-0.4, -0.2) is 82.4 Å². The molecule has 0 aromatic rings. The highest BCUT2D eigenvalue weighted by Crippen LogP contribution is 2.07. The van der Waals surface area contributed by atoms with Crippen molar-refractivity contribution < 1.29 is 43.5 Å². The van der Waals surface area contributed by atoms with Crippen molar-refractivity contribution in [2.75, 3.05) is 0 Å². The first-order chi connectivity index (χ1) is 17.9. The maximum atomic E-state index is 12.9. The third kappa shape index (κ3) is 11.4. The maximum absolute atomic E-state index is 12.9. The van der Waals surface area contributed by atoms with E-state index in [4.69, 9.17) is 5.11 Å². The Kier molecular flexibility index (Phi) is 14.3. The van der Waals surface area contributed by atoms with Gasteiger partial charge in [0.1, 0.15) is 24.2 Å². The number of carboxylic acid groups (broad SMARTS) is 1.